The molecule has 0 aliphatic rings. The van der Waals surface area contributed by atoms with Crippen LogP contribution in [0.4, 0.5) is 0 Å². The lowest BCUT2D eigenvalue weighted by Gasteiger charge is -2.03. The first-order chi connectivity index (χ1) is 10.5. The Morgan fingerprint density at radius 1 is 1.18 bits per heavy atom. The third-order valence-corrected chi connectivity index (χ3v) is 3.72. The van der Waals surface area contributed by atoms with E-state index < -0.39 is 6.61 Å². The van der Waals surface area contributed by atoms with Crippen molar-refractivity contribution in [2.45, 2.75) is 13.8 Å². The molecule has 2 rings (SSSR count). The molecule has 0 fully saturated rings. The molecule has 114 valence electrons. The van der Waals surface area contributed by atoms with Crippen LogP contribution in [0.5, 0.6) is 0 Å². The molecule has 4 heteroatoms. The zero-order chi connectivity index (χ0) is 16.1. The summed E-state index contributed by atoms with van der Waals surface area (Å²) in [6.07, 6.45) is 1.82. The van der Waals surface area contributed by atoms with Gasteiger partial charge in [-0.15, -0.1) is 0 Å². The number of aliphatic hydroxyl groups is 1. The number of ketones is 1. The van der Waals surface area contributed by atoms with E-state index in [-0.39, 0.29) is 5.78 Å². The van der Waals surface area contributed by atoms with Gasteiger partial charge in [0, 0.05) is 22.5 Å². The normalized spacial score (nSPS) is 10.2. The fourth-order valence-electron chi connectivity index (χ4n) is 2.08. The van der Waals surface area contributed by atoms with E-state index in [9.17, 15) is 4.79 Å². The molecule has 0 atom stereocenters. The minimum absolute atomic E-state index is 0.297. The monoisotopic (exact) mass is 315 g/mol. The second-order valence-corrected chi connectivity index (χ2v) is 5.52. The van der Waals surface area contributed by atoms with Crippen molar-refractivity contribution in [3.05, 3.63) is 70.4 Å². The van der Waals surface area contributed by atoms with Crippen molar-refractivity contribution in [2.24, 2.45) is 0 Å². The zero-order valence-electron chi connectivity index (χ0n) is 12.6. The lowest BCUT2D eigenvalue weighted by molar-refractivity contribution is 0.0904. The standard InChI is InChI=1S/C18H18ClNO2/c1-12-8-16(19)13(2)6-7-20-17(9-12)14-4-3-5-15(10-14)18(22)11-21/h3-10,20-21H,11H2,1-2H3. The van der Waals surface area contributed by atoms with E-state index in [2.05, 4.69) is 4.98 Å². The number of hydrogen-bond donors (Lipinski definition) is 2. The lowest BCUT2D eigenvalue weighted by atomic mass is 10.0. The van der Waals surface area contributed by atoms with E-state index in [1.54, 1.807) is 18.2 Å². The van der Waals surface area contributed by atoms with Gasteiger partial charge in [-0.1, -0.05) is 29.8 Å². The zero-order valence-corrected chi connectivity index (χ0v) is 13.3. The highest BCUT2D eigenvalue weighted by atomic mass is 35.5. The Bertz CT molecular complexity index is 749. The molecule has 0 radical (unpaired) electrons. The predicted molar refractivity (Wildman–Crippen MR) is 89.8 cm³/mol. The number of aryl methyl sites for hydroxylation is 2. The van der Waals surface area contributed by atoms with E-state index in [0.29, 0.717) is 10.6 Å². The molecule has 1 aromatic heterocycles. The third kappa shape index (κ3) is 3.97. The number of carbonyl (C=O) groups excluding carboxylic acids is 1. The van der Waals surface area contributed by atoms with E-state index in [4.69, 9.17) is 16.7 Å². The summed E-state index contributed by atoms with van der Waals surface area (Å²) in [5.74, 6) is -0.297. The number of hydrogen-bond acceptors (Lipinski definition) is 2. The van der Waals surface area contributed by atoms with Crippen LogP contribution >= 0.6 is 11.6 Å². The molecule has 0 amide bonds. The van der Waals surface area contributed by atoms with Gasteiger partial charge in [0.05, 0.1) is 0 Å². The molecule has 0 aliphatic carbocycles. The second-order valence-electron chi connectivity index (χ2n) is 5.12. The Balaban J connectivity index is 2.60. The number of carbonyl (C=O) groups is 1. The van der Waals surface area contributed by atoms with Crippen molar-refractivity contribution in [1.29, 1.82) is 0 Å². The van der Waals surface area contributed by atoms with Crippen LogP contribution in [-0.2, 0) is 0 Å². The van der Waals surface area contributed by atoms with Gasteiger partial charge in [-0.2, -0.15) is 0 Å². The van der Waals surface area contributed by atoms with Crippen molar-refractivity contribution >= 4 is 17.4 Å². The number of rotatable bonds is 3. The van der Waals surface area contributed by atoms with Gasteiger partial charge in [0.25, 0.3) is 0 Å². The molecule has 2 N–H and O–H groups in total. The van der Waals surface area contributed by atoms with Gasteiger partial charge in [-0.3, -0.25) is 4.79 Å². The molecular formula is C18H18ClNO2. The first kappa shape index (κ1) is 16.3. The third-order valence-electron chi connectivity index (χ3n) is 3.31. The van der Waals surface area contributed by atoms with Crippen LogP contribution in [0.25, 0.3) is 11.3 Å². The smallest absolute Gasteiger partial charge is 0.188 e. The number of aromatic nitrogens is 1. The summed E-state index contributed by atoms with van der Waals surface area (Å²) >= 11 is 6.21. The van der Waals surface area contributed by atoms with Crippen LogP contribution in [0.3, 0.4) is 0 Å². The van der Waals surface area contributed by atoms with E-state index >= 15 is 0 Å². The van der Waals surface area contributed by atoms with Crippen LogP contribution in [0.15, 0.2) is 48.7 Å². The highest BCUT2D eigenvalue weighted by molar-refractivity contribution is 6.31. The summed E-state index contributed by atoms with van der Waals surface area (Å²) in [6.45, 7) is 3.41. The fourth-order valence-corrected chi connectivity index (χ4v) is 2.31. The molecule has 2 aromatic rings. The molecule has 22 heavy (non-hydrogen) atoms. The minimum Gasteiger partial charge on any atom is -0.388 e. The number of halogens is 1. The molecular weight excluding hydrogens is 298 g/mol. The molecule has 0 saturated heterocycles. The summed E-state index contributed by atoms with van der Waals surface area (Å²) in [5, 5.41) is 9.68. The summed E-state index contributed by atoms with van der Waals surface area (Å²) < 4.78 is 0. The summed E-state index contributed by atoms with van der Waals surface area (Å²) in [4.78, 5) is 14.9. The maximum atomic E-state index is 11.6. The van der Waals surface area contributed by atoms with Crippen LogP contribution in [0.2, 0.25) is 5.02 Å². The Morgan fingerprint density at radius 3 is 2.68 bits per heavy atom. The van der Waals surface area contributed by atoms with Gasteiger partial charge >= 0.3 is 0 Å². The molecule has 1 aromatic carbocycles. The first-order valence-electron chi connectivity index (χ1n) is 6.95. The fraction of sp³-hybridized carbons (Fsp3) is 0.167. The first-order valence-corrected chi connectivity index (χ1v) is 7.33. The predicted octanol–water partition coefficient (Wildman–Crippen LogP) is 4.25. The average Bonchev–Trinajstić information content (AvgIpc) is 2.58. The molecule has 0 aliphatic heterocycles. The Morgan fingerprint density at radius 2 is 1.95 bits per heavy atom. The topological polar surface area (TPSA) is 53.1 Å². The SMILES string of the molecule is Cc1cc(-c2cccc(C(=O)CO)c2)[nH]ccc(C)c(Cl)c1. The Kier molecular flexibility index (Phi) is 5.36. The number of Topliss-reactive ketones (excluding diaryl/α,β-unsaturated/α-hetero) is 1. The molecule has 0 saturated carbocycles. The molecule has 3 nitrogen and oxygen atoms in total. The number of nitrogens with one attached hydrogen (secondary N) is 1. The Labute approximate surface area is 134 Å². The number of aliphatic hydroxyl groups excluding tert-OH is 1. The van der Waals surface area contributed by atoms with E-state index in [0.717, 1.165) is 22.4 Å². The highest BCUT2D eigenvalue weighted by Crippen LogP contribution is 2.20. The lowest BCUT2D eigenvalue weighted by Crippen LogP contribution is -2.04. The van der Waals surface area contributed by atoms with Crippen LogP contribution in [0, 0.1) is 13.8 Å². The Hall–Kier alpha value is -2.10. The van der Waals surface area contributed by atoms with Crippen LogP contribution < -0.4 is 0 Å². The minimum atomic E-state index is -0.493. The number of aromatic amines is 1. The number of H-pyrrole nitrogens is 1. The molecule has 0 bridgehead atoms. The second kappa shape index (κ2) is 7.25. The van der Waals surface area contributed by atoms with Gasteiger partial charge in [-0.25, -0.2) is 0 Å². The van der Waals surface area contributed by atoms with Gasteiger partial charge in [0.1, 0.15) is 6.61 Å². The molecule has 0 spiro atoms. The summed E-state index contributed by atoms with van der Waals surface area (Å²) in [5.41, 5.74) is 4.17. The van der Waals surface area contributed by atoms with Crippen molar-refractivity contribution < 1.29 is 9.90 Å². The molecule has 1 heterocycles. The largest absolute Gasteiger partial charge is 0.388 e. The van der Waals surface area contributed by atoms with Crippen molar-refractivity contribution in [3.8, 4) is 11.3 Å². The van der Waals surface area contributed by atoms with Crippen molar-refractivity contribution in [2.75, 3.05) is 6.61 Å². The number of benzene rings is 1. The van der Waals surface area contributed by atoms with Gasteiger partial charge in [0.2, 0.25) is 0 Å². The van der Waals surface area contributed by atoms with Gasteiger partial charge in [-0.05, 0) is 54.8 Å². The summed E-state index contributed by atoms with van der Waals surface area (Å²) in [7, 11) is 0. The van der Waals surface area contributed by atoms with Gasteiger partial charge < -0.3 is 10.1 Å². The van der Waals surface area contributed by atoms with E-state index in [1.807, 2.05) is 44.3 Å². The average molecular weight is 316 g/mol. The molecule has 0 unspecified atom stereocenters. The van der Waals surface area contributed by atoms with Crippen LogP contribution in [-0.4, -0.2) is 22.5 Å². The maximum Gasteiger partial charge on any atom is 0.188 e. The van der Waals surface area contributed by atoms with E-state index in [1.165, 1.54) is 0 Å². The van der Waals surface area contributed by atoms with Crippen LogP contribution in [0.1, 0.15) is 21.5 Å². The van der Waals surface area contributed by atoms with Crippen molar-refractivity contribution in [3.63, 3.8) is 0 Å². The van der Waals surface area contributed by atoms with Gasteiger partial charge in [0.15, 0.2) is 5.78 Å². The quantitative estimate of drug-likeness (QED) is 0.832. The highest BCUT2D eigenvalue weighted by Gasteiger charge is 2.05. The van der Waals surface area contributed by atoms with Crippen molar-refractivity contribution in [1.82, 2.24) is 4.98 Å². The maximum absolute atomic E-state index is 11.6. The summed E-state index contributed by atoms with van der Waals surface area (Å²) in [6, 6.07) is 12.9.